The van der Waals surface area contributed by atoms with Crippen LogP contribution in [0.3, 0.4) is 0 Å². The van der Waals surface area contributed by atoms with E-state index in [9.17, 15) is 4.79 Å². The number of nitrogens with two attached hydrogens (primary N) is 1. The van der Waals surface area contributed by atoms with E-state index in [4.69, 9.17) is 22.1 Å². The summed E-state index contributed by atoms with van der Waals surface area (Å²) in [5, 5.41) is 0.454. The molecule has 0 radical (unpaired) electrons. The zero-order valence-electron chi connectivity index (χ0n) is 8.20. The summed E-state index contributed by atoms with van der Waals surface area (Å²) >= 11 is 5.75. The van der Waals surface area contributed by atoms with Crippen molar-refractivity contribution in [2.45, 2.75) is 25.4 Å². The number of anilines is 1. The Morgan fingerprint density at radius 1 is 1.47 bits per heavy atom. The van der Waals surface area contributed by atoms with Crippen LogP contribution in [-0.4, -0.2) is 12.1 Å². The number of benzene rings is 1. The fourth-order valence-corrected chi connectivity index (χ4v) is 1.50. The molecule has 0 aliphatic heterocycles. The molecule has 1 fully saturated rings. The van der Waals surface area contributed by atoms with Crippen molar-refractivity contribution in [3.63, 3.8) is 0 Å². The van der Waals surface area contributed by atoms with Gasteiger partial charge in [-0.1, -0.05) is 11.6 Å². The van der Waals surface area contributed by atoms with Gasteiger partial charge >= 0.3 is 5.97 Å². The molecular weight excluding hydrogens is 214 g/mol. The van der Waals surface area contributed by atoms with Crippen molar-refractivity contribution < 1.29 is 9.53 Å². The predicted molar refractivity (Wildman–Crippen MR) is 58.9 cm³/mol. The minimum Gasteiger partial charge on any atom is -0.459 e. The van der Waals surface area contributed by atoms with Crippen molar-refractivity contribution >= 4 is 23.3 Å². The number of hydrogen-bond donors (Lipinski definition) is 1. The Morgan fingerprint density at radius 2 is 2.20 bits per heavy atom. The zero-order chi connectivity index (χ0) is 10.8. The lowest BCUT2D eigenvalue weighted by molar-refractivity contribution is 0.00902. The molecule has 0 atom stereocenters. The predicted octanol–water partition coefficient (Wildman–Crippen LogP) is 2.63. The average Bonchev–Trinajstić information content (AvgIpc) is 2.15. The van der Waals surface area contributed by atoms with Crippen LogP contribution in [0.4, 0.5) is 5.69 Å². The van der Waals surface area contributed by atoms with E-state index < -0.39 is 0 Å². The molecule has 4 heteroatoms. The molecule has 0 amide bonds. The van der Waals surface area contributed by atoms with E-state index in [2.05, 4.69) is 0 Å². The normalized spacial score (nSPS) is 15.8. The lowest BCUT2D eigenvalue weighted by Gasteiger charge is -2.25. The molecule has 2 rings (SSSR count). The molecule has 2 N–H and O–H groups in total. The van der Waals surface area contributed by atoms with Crippen LogP contribution in [0.5, 0.6) is 0 Å². The quantitative estimate of drug-likeness (QED) is 0.622. The maximum absolute atomic E-state index is 11.6. The number of carbonyl (C=O) groups is 1. The Labute approximate surface area is 93.2 Å². The molecule has 0 bridgehead atoms. The summed E-state index contributed by atoms with van der Waals surface area (Å²) in [6.45, 7) is 0. The third-order valence-corrected chi connectivity index (χ3v) is 2.90. The molecule has 0 heterocycles. The summed E-state index contributed by atoms with van der Waals surface area (Å²) in [6, 6.07) is 4.78. The van der Waals surface area contributed by atoms with Crippen molar-refractivity contribution in [1.29, 1.82) is 0 Å². The fourth-order valence-electron chi connectivity index (χ4n) is 1.38. The Kier molecular flexibility index (Phi) is 2.82. The average molecular weight is 226 g/mol. The van der Waals surface area contributed by atoms with Gasteiger partial charge in [0.25, 0.3) is 0 Å². The maximum atomic E-state index is 11.6. The Balaban J connectivity index is 2.07. The van der Waals surface area contributed by atoms with Crippen LogP contribution in [0.25, 0.3) is 0 Å². The first-order valence-corrected chi connectivity index (χ1v) is 5.30. The molecule has 0 saturated heterocycles. The molecule has 0 aromatic heterocycles. The summed E-state index contributed by atoms with van der Waals surface area (Å²) < 4.78 is 5.23. The molecule has 3 nitrogen and oxygen atoms in total. The lowest BCUT2D eigenvalue weighted by Crippen LogP contribution is -2.25. The van der Waals surface area contributed by atoms with E-state index in [0.29, 0.717) is 16.3 Å². The molecular formula is C11H12ClNO2. The van der Waals surface area contributed by atoms with Crippen LogP contribution in [0, 0.1) is 0 Å². The van der Waals surface area contributed by atoms with Gasteiger partial charge in [0, 0.05) is 0 Å². The molecule has 0 unspecified atom stereocenters. The van der Waals surface area contributed by atoms with Gasteiger partial charge in [0.15, 0.2) is 0 Å². The van der Waals surface area contributed by atoms with Gasteiger partial charge in [-0.3, -0.25) is 0 Å². The molecule has 80 valence electrons. The summed E-state index contributed by atoms with van der Waals surface area (Å²) in [5.74, 6) is -0.317. The van der Waals surface area contributed by atoms with Gasteiger partial charge in [0.05, 0.1) is 16.3 Å². The molecule has 15 heavy (non-hydrogen) atoms. The number of nitrogen functional groups attached to an aromatic ring is 1. The molecule has 1 aromatic rings. The highest BCUT2D eigenvalue weighted by atomic mass is 35.5. The summed E-state index contributed by atoms with van der Waals surface area (Å²) in [4.78, 5) is 11.6. The third kappa shape index (κ3) is 2.23. The van der Waals surface area contributed by atoms with Crippen molar-refractivity contribution in [3.05, 3.63) is 28.8 Å². The second-order valence-corrected chi connectivity index (χ2v) is 4.10. The van der Waals surface area contributed by atoms with Gasteiger partial charge in [0.2, 0.25) is 0 Å². The van der Waals surface area contributed by atoms with Gasteiger partial charge < -0.3 is 10.5 Å². The van der Waals surface area contributed by atoms with Gasteiger partial charge in [-0.2, -0.15) is 0 Å². The molecule has 1 aliphatic carbocycles. The largest absolute Gasteiger partial charge is 0.459 e. The zero-order valence-corrected chi connectivity index (χ0v) is 8.96. The Morgan fingerprint density at radius 3 is 2.73 bits per heavy atom. The second kappa shape index (κ2) is 4.11. The third-order valence-electron chi connectivity index (χ3n) is 2.56. The van der Waals surface area contributed by atoms with Crippen LogP contribution in [0.15, 0.2) is 18.2 Å². The number of hydrogen-bond acceptors (Lipinski definition) is 3. The maximum Gasteiger partial charge on any atom is 0.338 e. The molecule has 0 spiro atoms. The van der Waals surface area contributed by atoms with Crippen LogP contribution in [0.1, 0.15) is 29.6 Å². The first-order chi connectivity index (χ1) is 7.16. The Hall–Kier alpha value is -1.22. The van der Waals surface area contributed by atoms with Crippen molar-refractivity contribution in [2.24, 2.45) is 0 Å². The highest BCUT2D eigenvalue weighted by Crippen LogP contribution is 2.24. The fraction of sp³-hybridized carbons (Fsp3) is 0.364. The molecule has 1 saturated carbocycles. The molecule has 1 aliphatic rings. The number of carbonyl (C=O) groups excluding carboxylic acids is 1. The second-order valence-electron chi connectivity index (χ2n) is 3.69. The van der Waals surface area contributed by atoms with E-state index in [0.717, 1.165) is 19.3 Å². The first kappa shape index (κ1) is 10.3. The highest BCUT2D eigenvalue weighted by molar-refractivity contribution is 6.33. The number of ether oxygens (including phenoxy) is 1. The SMILES string of the molecule is Nc1cc(C(=O)OC2CCC2)ccc1Cl. The van der Waals surface area contributed by atoms with Crippen LogP contribution < -0.4 is 5.73 Å². The van der Waals surface area contributed by atoms with E-state index in [1.54, 1.807) is 18.2 Å². The van der Waals surface area contributed by atoms with Crippen LogP contribution in [-0.2, 0) is 4.74 Å². The van der Waals surface area contributed by atoms with E-state index in [1.165, 1.54) is 0 Å². The van der Waals surface area contributed by atoms with Crippen molar-refractivity contribution in [1.82, 2.24) is 0 Å². The lowest BCUT2D eigenvalue weighted by atomic mass is 9.96. The van der Waals surface area contributed by atoms with Gasteiger partial charge in [0.1, 0.15) is 6.10 Å². The monoisotopic (exact) mass is 225 g/mol. The van der Waals surface area contributed by atoms with E-state index in [-0.39, 0.29) is 12.1 Å². The van der Waals surface area contributed by atoms with Crippen molar-refractivity contribution in [2.75, 3.05) is 5.73 Å². The van der Waals surface area contributed by atoms with Gasteiger partial charge in [-0.05, 0) is 37.5 Å². The van der Waals surface area contributed by atoms with Crippen molar-refractivity contribution in [3.8, 4) is 0 Å². The van der Waals surface area contributed by atoms with E-state index in [1.807, 2.05) is 0 Å². The van der Waals surface area contributed by atoms with Crippen LogP contribution >= 0.6 is 11.6 Å². The van der Waals surface area contributed by atoms with Gasteiger partial charge in [-0.25, -0.2) is 4.79 Å². The van der Waals surface area contributed by atoms with Gasteiger partial charge in [-0.15, -0.1) is 0 Å². The summed E-state index contributed by atoms with van der Waals surface area (Å²) in [7, 11) is 0. The topological polar surface area (TPSA) is 52.3 Å². The Bertz CT molecular complexity index is 388. The number of esters is 1. The van der Waals surface area contributed by atoms with E-state index >= 15 is 0 Å². The minimum atomic E-state index is -0.317. The minimum absolute atomic E-state index is 0.0920. The first-order valence-electron chi connectivity index (χ1n) is 4.93. The number of rotatable bonds is 2. The summed E-state index contributed by atoms with van der Waals surface area (Å²) in [6.07, 6.45) is 3.17. The standard InChI is InChI=1S/C11H12ClNO2/c12-9-5-4-7(6-10(9)13)11(14)15-8-2-1-3-8/h4-6,8H,1-3,13H2. The smallest absolute Gasteiger partial charge is 0.338 e. The molecule has 1 aromatic carbocycles. The van der Waals surface area contributed by atoms with Crippen LogP contribution in [0.2, 0.25) is 5.02 Å². The number of halogens is 1. The summed E-state index contributed by atoms with van der Waals surface area (Å²) in [5.41, 5.74) is 6.46. The highest BCUT2D eigenvalue weighted by Gasteiger charge is 2.22.